The van der Waals surface area contributed by atoms with E-state index in [2.05, 4.69) is 43.5 Å². The number of hydrogen-bond acceptors (Lipinski definition) is 5. The van der Waals surface area contributed by atoms with Crippen LogP contribution in [0.5, 0.6) is 0 Å². The number of nitrogens with one attached hydrogen (secondary N) is 1. The van der Waals surface area contributed by atoms with Gasteiger partial charge in [-0.3, -0.25) is 4.79 Å². The Bertz CT molecular complexity index is 802. The van der Waals surface area contributed by atoms with E-state index in [1.807, 2.05) is 0 Å². The first-order valence-corrected chi connectivity index (χ1v) is 23.2. The molecular formula is C47H91NO5. The van der Waals surface area contributed by atoms with Crippen molar-refractivity contribution in [1.82, 2.24) is 5.32 Å². The van der Waals surface area contributed by atoms with Gasteiger partial charge in [0, 0.05) is 0 Å². The van der Waals surface area contributed by atoms with E-state index in [4.69, 9.17) is 0 Å². The highest BCUT2D eigenvalue weighted by Gasteiger charge is 2.28. The monoisotopic (exact) mass is 750 g/mol. The number of carbonyl (C=O) groups excluding carboxylic acids is 1. The van der Waals surface area contributed by atoms with Gasteiger partial charge in [0.15, 0.2) is 0 Å². The van der Waals surface area contributed by atoms with Crippen molar-refractivity contribution < 1.29 is 25.2 Å². The fourth-order valence-corrected chi connectivity index (χ4v) is 7.19. The number of carbonyl (C=O) groups is 1. The molecule has 0 fully saturated rings. The molecule has 0 saturated heterocycles. The minimum absolute atomic E-state index is 0.364. The molecule has 0 radical (unpaired) electrons. The molecule has 0 aliphatic carbocycles. The first-order chi connectivity index (χ1) is 26.0. The SMILES string of the molecule is CCCCCC/C=C/CC/C=C/CCCC(O)C(O)C(CO)NC(=O)C(O)CCCCCCCCCCCCCCCCCCCCCCCCCC. The van der Waals surface area contributed by atoms with E-state index in [-0.39, 0.29) is 0 Å². The van der Waals surface area contributed by atoms with Crippen LogP contribution in [-0.4, -0.2) is 57.3 Å². The molecule has 6 heteroatoms. The van der Waals surface area contributed by atoms with Crippen LogP contribution < -0.4 is 5.32 Å². The minimum Gasteiger partial charge on any atom is -0.394 e. The Labute approximate surface area is 329 Å². The third-order valence-electron chi connectivity index (χ3n) is 10.9. The number of aliphatic hydroxyl groups is 4. The first-order valence-electron chi connectivity index (χ1n) is 23.2. The Hall–Kier alpha value is -1.21. The van der Waals surface area contributed by atoms with Gasteiger partial charge in [0.2, 0.25) is 5.91 Å². The standard InChI is InChI=1S/C47H91NO5/c1-3-5-7-9-11-13-15-17-18-19-20-21-22-23-24-25-26-27-29-31-33-35-37-39-41-45(51)47(53)48-43(42-49)46(52)44(50)40-38-36-34-32-30-28-16-14-12-10-8-6-4-2/h14,16,32,34,43-46,49-52H,3-13,15,17-31,33,35-42H2,1-2H3,(H,48,53)/b16-14+,34-32+. The molecule has 5 N–H and O–H groups in total. The lowest BCUT2D eigenvalue weighted by Gasteiger charge is -2.27. The van der Waals surface area contributed by atoms with E-state index in [9.17, 15) is 25.2 Å². The molecule has 0 saturated carbocycles. The summed E-state index contributed by atoms with van der Waals surface area (Å²) in [5, 5.41) is 43.6. The highest BCUT2D eigenvalue weighted by atomic mass is 16.3. The summed E-state index contributed by atoms with van der Waals surface area (Å²) in [5.41, 5.74) is 0. The second kappa shape index (κ2) is 41.9. The Kier molecular flexibility index (Phi) is 41.0. The van der Waals surface area contributed by atoms with E-state index < -0.39 is 36.9 Å². The zero-order valence-electron chi connectivity index (χ0n) is 35.3. The quantitative estimate of drug-likeness (QED) is 0.0315. The molecule has 4 unspecified atom stereocenters. The van der Waals surface area contributed by atoms with Crippen molar-refractivity contribution in [3.05, 3.63) is 24.3 Å². The molecule has 0 spiro atoms. The molecule has 0 aliphatic heterocycles. The Balaban J connectivity index is 3.68. The molecule has 0 rings (SSSR count). The van der Waals surface area contributed by atoms with E-state index in [0.717, 1.165) is 44.9 Å². The molecule has 6 nitrogen and oxygen atoms in total. The minimum atomic E-state index is -1.29. The molecule has 0 heterocycles. The third kappa shape index (κ3) is 36.2. The van der Waals surface area contributed by atoms with Crippen molar-refractivity contribution in [2.75, 3.05) is 6.61 Å². The Morgan fingerprint density at radius 2 is 0.792 bits per heavy atom. The largest absolute Gasteiger partial charge is 0.394 e. The van der Waals surface area contributed by atoms with Crippen molar-refractivity contribution in [2.24, 2.45) is 0 Å². The third-order valence-corrected chi connectivity index (χ3v) is 10.9. The highest BCUT2D eigenvalue weighted by Crippen LogP contribution is 2.17. The fourth-order valence-electron chi connectivity index (χ4n) is 7.19. The normalized spacial score (nSPS) is 14.3. The topological polar surface area (TPSA) is 110 Å². The summed E-state index contributed by atoms with van der Waals surface area (Å²) in [7, 11) is 0. The first kappa shape index (κ1) is 51.8. The highest BCUT2D eigenvalue weighted by molar-refractivity contribution is 5.80. The Morgan fingerprint density at radius 1 is 0.453 bits per heavy atom. The van der Waals surface area contributed by atoms with E-state index in [1.54, 1.807) is 0 Å². The smallest absolute Gasteiger partial charge is 0.249 e. The second-order valence-electron chi connectivity index (χ2n) is 16.1. The number of unbranched alkanes of at least 4 members (excludes halogenated alkanes) is 29. The van der Waals surface area contributed by atoms with Crippen molar-refractivity contribution in [1.29, 1.82) is 0 Å². The Morgan fingerprint density at radius 3 is 1.19 bits per heavy atom. The molecular weight excluding hydrogens is 659 g/mol. The summed E-state index contributed by atoms with van der Waals surface area (Å²) in [5.74, 6) is -0.595. The molecule has 4 atom stereocenters. The van der Waals surface area contributed by atoms with E-state index in [0.29, 0.717) is 19.3 Å². The van der Waals surface area contributed by atoms with Gasteiger partial charge in [0.05, 0.1) is 18.8 Å². The number of rotatable bonds is 42. The number of hydrogen-bond donors (Lipinski definition) is 5. The molecule has 0 aromatic heterocycles. The maximum atomic E-state index is 12.5. The lowest BCUT2D eigenvalue weighted by molar-refractivity contribution is -0.132. The predicted octanol–water partition coefficient (Wildman–Crippen LogP) is 12.4. The second-order valence-corrected chi connectivity index (χ2v) is 16.1. The van der Waals surface area contributed by atoms with Gasteiger partial charge in [0.25, 0.3) is 0 Å². The summed E-state index contributed by atoms with van der Waals surface area (Å²) >= 11 is 0. The van der Waals surface area contributed by atoms with Crippen molar-refractivity contribution in [2.45, 2.75) is 263 Å². The number of aliphatic hydroxyl groups excluding tert-OH is 4. The van der Waals surface area contributed by atoms with Crippen LogP contribution in [0.2, 0.25) is 0 Å². The molecule has 1 amide bonds. The van der Waals surface area contributed by atoms with Gasteiger partial charge < -0.3 is 25.7 Å². The van der Waals surface area contributed by atoms with E-state index >= 15 is 0 Å². The van der Waals surface area contributed by atoms with Gasteiger partial charge >= 0.3 is 0 Å². The van der Waals surface area contributed by atoms with Crippen molar-refractivity contribution >= 4 is 5.91 Å². The lowest BCUT2D eigenvalue weighted by Crippen LogP contribution is -2.53. The fraction of sp³-hybridized carbons (Fsp3) is 0.894. The average molecular weight is 750 g/mol. The number of allylic oxidation sites excluding steroid dienone is 4. The average Bonchev–Trinajstić information content (AvgIpc) is 3.16. The van der Waals surface area contributed by atoms with Crippen molar-refractivity contribution in [3.63, 3.8) is 0 Å². The molecule has 0 aromatic carbocycles. The van der Waals surface area contributed by atoms with Gasteiger partial charge in [0.1, 0.15) is 12.2 Å². The maximum absolute atomic E-state index is 12.5. The van der Waals surface area contributed by atoms with Crippen LogP contribution in [0.1, 0.15) is 239 Å². The van der Waals surface area contributed by atoms with Gasteiger partial charge in [-0.2, -0.15) is 0 Å². The van der Waals surface area contributed by atoms with Crippen LogP contribution in [-0.2, 0) is 4.79 Å². The zero-order chi connectivity index (χ0) is 38.9. The van der Waals surface area contributed by atoms with Gasteiger partial charge in [-0.15, -0.1) is 0 Å². The molecule has 0 bridgehead atoms. The molecule has 53 heavy (non-hydrogen) atoms. The molecule has 0 aromatic rings. The van der Waals surface area contributed by atoms with Crippen LogP contribution >= 0.6 is 0 Å². The summed E-state index contributed by atoms with van der Waals surface area (Å²) < 4.78 is 0. The van der Waals surface area contributed by atoms with Crippen LogP contribution in [0.25, 0.3) is 0 Å². The van der Waals surface area contributed by atoms with Gasteiger partial charge in [-0.05, 0) is 51.4 Å². The van der Waals surface area contributed by atoms with Crippen LogP contribution in [0.4, 0.5) is 0 Å². The molecule has 0 aliphatic rings. The summed E-state index contributed by atoms with van der Waals surface area (Å²) in [6.45, 7) is 4.02. The van der Waals surface area contributed by atoms with Crippen LogP contribution in [0.15, 0.2) is 24.3 Å². The summed E-state index contributed by atoms with van der Waals surface area (Å²) in [6.07, 6.45) is 48.0. The molecule has 314 valence electrons. The summed E-state index contributed by atoms with van der Waals surface area (Å²) in [6, 6.07) is -1.00. The summed E-state index contributed by atoms with van der Waals surface area (Å²) in [4.78, 5) is 12.5. The van der Waals surface area contributed by atoms with Gasteiger partial charge in [-0.1, -0.05) is 212 Å². The van der Waals surface area contributed by atoms with Crippen molar-refractivity contribution in [3.8, 4) is 0 Å². The zero-order valence-corrected chi connectivity index (χ0v) is 35.3. The van der Waals surface area contributed by atoms with Gasteiger partial charge in [-0.25, -0.2) is 0 Å². The lowest BCUT2D eigenvalue weighted by atomic mass is 10.00. The predicted molar refractivity (Wildman–Crippen MR) is 228 cm³/mol. The number of amides is 1. The van der Waals surface area contributed by atoms with E-state index in [1.165, 1.54) is 161 Å². The van der Waals surface area contributed by atoms with Crippen LogP contribution in [0.3, 0.4) is 0 Å². The van der Waals surface area contributed by atoms with Crippen LogP contribution in [0, 0.1) is 0 Å². The maximum Gasteiger partial charge on any atom is 0.249 e.